The van der Waals surface area contributed by atoms with Gasteiger partial charge in [-0.2, -0.15) is 0 Å². The molecule has 2 aliphatic rings. The molecular formula is C17H28O3Si. The second kappa shape index (κ2) is 5.87. The lowest BCUT2D eigenvalue weighted by Crippen LogP contribution is -2.36. The van der Waals surface area contributed by atoms with Crippen molar-refractivity contribution in [2.24, 2.45) is 0 Å². The van der Waals surface area contributed by atoms with E-state index in [2.05, 4.69) is 31.1 Å². The zero-order chi connectivity index (χ0) is 15.7. The SMILES string of the molecule is CC1(C)OC2(CCCCC2)O[C@@H]1CC(=O)C#C[Si](C)(C)C. The van der Waals surface area contributed by atoms with Gasteiger partial charge in [0.25, 0.3) is 0 Å². The van der Waals surface area contributed by atoms with Crippen molar-refractivity contribution < 1.29 is 14.3 Å². The van der Waals surface area contributed by atoms with Crippen LogP contribution < -0.4 is 0 Å². The van der Waals surface area contributed by atoms with Crippen molar-refractivity contribution in [2.75, 3.05) is 0 Å². The molecule has 0 unspecified atom stereocenters. The summed E-state index contributed by atoms with van der Waals surface area (Å²) >= 11 is 0. The van der Waals surface area contributed by atoms with Crippen LogP contribution in [0.4, 0.5) is 0 Å². The van der Waals surface area contributed by atoms with Gasteiger partial charge in [-0.25, -0.2) is 0 Å². The lowest BCUT2D eigenvalue weighted by atomic mass is 9.94. The fourth-order valence-corrected chi connectivity index (χ4v) is 3.56. The number of rotatable bonds is 2. The van der Waals surface area contributed by atoms with E-state index in [1.165, 1.54) is 6.42 Å². The third-order valence-electron chi connectivity index (χ3n) is 4.14. The van der Waals surface area contributed by atoms with Crippen molar-refractivity contribution >= 4 is 13.9 Å². The van der Waals surface area contributed by atoms with Crippen LogP contribution in [0.5, 0.6) is 0 Å². The van der Waals surface area contributed by atoms with E-state index in [0.29, 0.717) is 6.42 Å². The van der Waals surface area contributed by atoms with Crippen molar-refractivity contribution in [3.8, 4) is 11.5 Å². The van der Waals surface area contributed by atoms with E-state index in [0.717, 1.165) is 25.7 Å². The van der Waals surface area contributed by atoms with Crippen LogP contribution in [0.15, 0.2) is 0 Å². The minimum absolute atomic E-state index is 0.0213. The topological polar surface area (TPSA) is 35.5 Å². The third kappa shape index (κ3) is 4.42. The molecule has 2 rings (SSSR count). The summed E-state index contributed by atoms with van der Waals surface area (Å²) in [6.45, 7) is 10.5. The molecule has 0 aromatic heterocycles. The average molecular weight is 308 g/mol. The first-order valence-corrected chi connectivity index (χ1v) is 11.6. The summed E-state index contributed by atoms with van der Waals surface area (Å²) in [5.74, 6) is 2.35. The molecule has 3 nitrogen and oxygen atoms in total. The van der Waals surface area contributed by atoms with E-state index in [1.807, 2.05) is 13.8 Å². The number of ether oxygens (including phenoxy) is 2. The van der Waals surface area contributed by atoms with Crippen molar-refractivity contribution in [3.63, 3.8) is 0 Å². The highest BCUT2D eigenvalue weighted by Gasteiger charge is 2.52. The number of ketones is 1. The van der Waals surface area contributed by atoms with E-state index in [4.69, 9.17) is 9.47 Å². The summed E-state index contributed by atoms with van der Waals surface area (Å²) in [6.07, 6.45) is 5.59. The van der Waals surface area contributed by atoms with Gasteiger partial charge in [0.05, 0.1) is 11.7 Å². The molecule has 0 aromatic carbocycles. The maximum atomic E-state index is 12.1. The zero-order valence-corrected chi connectivity index (χ0v) is 15.0. The van der Waals surface area contributed by atoms with Gasteiger partial charge in [0.1, 0.15) is 8.07 Å². The molecule has 1 spiro atoms. The molecule has 0 aromatic rings. The van der Waals surface area contributed by atoms with Crippen LogP contribution in [0.2, 0.25) is 19.6 Å². The summed E-state index contributed by atoms with van der Waals surface area (Å²) in [6, 6.07) is 0. The molecule has 0 N–H and O–H groups in total. The second-order valence-corrected chi connectivity index (χ2v) is 12.7. The second-order valence-electron chi connectivity index (χ2n) is 7.91. The Morgan fingerprint density at radius 3 is 2.38 bits per heavy atom. The normalized spacial score (nSPS) is 27.2. The molecule has 0 amide bonds. The van der Waals surface area contributed by atoms with Crippen LogP contribution in [0.25, 0.3) is 0 Å². The van der Waals surface area contributed by atoms with Gasteiger partial charge in [0, 0.05) is 19.3 Å². The van der Waals surface area contributed by atoms with E-state index < -0.39 is 19.5 Å². The molecule has 4 heteroatoms. The Labute approximate surface area is 129 Å². The first-order valence-electron chi connectivity index (χ1n) is 8.06. The van der Waals surface area contributed by atoms with Crippen molar-refractivity contribution in [1.82, 2.24) is 0 Å². The van der Waals surface area contributed by atoms with E-state index in [1.54, 1.807) is 0 Å². The van der Waals surface area contributed by atoms with Gasteiger partial charge >= 0.3 is 0 Å². The Hall–Kier alpha value is -0.633. The van der Waals surface area contributed by atoms with Gasteiger partial charge in [0.15, 0.2) is 5.79 Å². The van der Waals surface area contributed by atoms with Crippen LogP contribution in [0, 0.1) is 11.5 Å². The zero-order valence-electron chi connectivity index (χ0n) is 14.0. The molecule has 1 aliphatic heterocycles. The molecule has 118 valence electrons. The number of Topliss-reactive ketones (excluding diaryl/α,β-unsaturated/α-hetero) is 1. The van der Waals surface area contributed by atoms with Crippen molar-refractivity contribution in [2.45, 2.75) is 89.5 Å². The van der Waals surface area contributed by atoms with Crippen LogP contribution in [0.3, 0.4) is 0 Å². The summed E-state index contributed by atoms with van der Waals surface area (Å²) in [4.78, 5) is 12.1. The monoisotopic (exact) mass is 308 g/mol. The molecule has 0 radical (unpaired) electrons. The van der Waals surface area contributed by atoms with Crippen LogP contribution >= 0.6 is 0 Å². The van der Waals surface area contributed by atoms with Crippen LogP contribution in [-0.4, -0.2) is 31.3 Å². The maximum absolute atomic E-state index is 12.1. The Balaban J connectivity index is 2.02. The Morgan fingerprint density at radius 2 is 1.81 bits per heavy atom. The lowest BCUT2D eigenvalue weighted by molar-refractivity contribution is -0.203. The van der Waals surface area contributed by atoms with Gasteiger partial charge in [-0.15, -0.1) is 5.54 Å². The largest absolute Gasteiger partial charge is 0.343 e. The molecule has 21 heavy (non-hydrogen) atoms. The van der Waals surface area contributed by atoms with Crippen LogP contribution in [-0.2, 0) is 14.3 Å². The number of hydrogen-bond donors (Lipinski definition) is 0. The molecular weight excluding hydrogens is 280 g/mol. The highest BCUT2D eigenvalue weighted by molar-refractivity contribution is 6.84. The minimum Gasteiger partial charge on any atom is -0.343 e. The van der Waals surface area contributed by atoms with E-state index in [-0.39, 0.29) is 11.9 Å². The Morgan fingerprint density at radius 1 is 1.19 bits per heavy atom. The average Bonchev–Trinajstić information content (AvgIpc) is 2.57. The van der Waals surface area contributed by atoms with Gasteiger partial charge in [0.2, 0.25) is 5.78 Å². The summed E-state index contributed by atoms with van der Waals surface area (Å²) < 4.78 is 12.4. The molecule has 1 atom stereocenters. The predicted molar refractivity (Wildman–Crippen MR) is 86.6 cm³/mol. The number of hydrogen-bond acceptors (Lipinski definition) is 3. The Kier molecular flexibility index (Phi) is 4.68. The van der Waals surface area contributed by atoms with Gasteiger partial charge < -0.3 is 9.47 Å². The van der Waals surface area contributed by atoms with E-state index >= 15 is 0 Å². The van der Waals surface area contributed by atoms with Crippen molar-refractivity contribution in [3.05, 3.63) is 0 Å². The summed E-state index contributed by atoms with van der Waals surface area (Å²) in [5.41, 5.74) is 2.73. The third-order valence-corrected chi connectivity index (χ3v) is 5.02. The molecule has 1 heterocycles. The highest BCUT2D eigenvalue weighted by atomic mass is 28.3. The first kappa shape index (κ1) is 16.7. The van der Waals surface area contributed by atoms with Crippen molar-refractivity contribution in [1.29, 1.82) is 0 Å². The fraction of sp³-hybridized carbons (Fsp3) is 0.824. The molecule has 1 saturated carbocycles. The first-order chi connectivity index (χ1) is 9.62. The Bertz CT molecular complexity index is 459. The quantitative estimate of drug-likeness (QED) is 0.576. The molecule has 1 aliphatic carbocycles. The predicted octanol–water partition coefficient (Wildman–Crippen LogP) is 3.68. The smallest absolute Gasteiger partial charge is 0.207 e. The molecule has 2 fully saturated rings. The summed E-state index contributed by atoms with van der Waals surface area (Å²) in [7, 11) is -1.50. The number of carbonyl (C=O) groups excluding carboxylic acids is 1. The van der Waals surface area contributed by atoms with Gasteiger partial charge in [-0.1, -0.05) is 26.1 Å². The van der Waals surface area contributed by atoms with E-state index in [9.17, 15) is 4.79 Å². The lowest BCUT2D eigenvalue weighted by Gasteiger charge is -2.32. The molecule has 1 saturated heterocycles. The number of carbonyl (C=O) groups is 1. The maximum Gasteiger partial charge on any atom is 0.207 e. The van der Waals surface area contributed by atoms with Gasteiger partial charge in [-0.3, -0.25) is 4.79 Å². The molecule has 0 bridgehead atoms. The minimum atomic E-state index is -1.50. The van der Waals surface area contributed by atoms with Gasteiger partial charge in [-0.05, 0) is 32.6 Å². The standard InChI is InChI=1S/C17H28O3Si/c1-16(2)15(13-14(18)9-12-21(3,4)5)19-17(20-16)10-7-6-8-11-17/h15H,6-8,10-11,13H2,1-5H3/t15-/m1/s1. The summed E-state index contributed by atoms with van der Waals surface area (Å²) in [5, 5.41) is 0. The fourth-order valence-electron chi connectivity index (χ4n) is 3.04. The van der Waals surface area contributed by atoms with Crippen LogP contribution in [0.1, 0.15) is 52.4 Å². The highest BCUT2D eigenvalue weighted by Crippen LogP contribution is 2.45.